The van der Waals surface area contributed by atoms with Crippen molar-refractivity contribution in [1.29, 1.82) is 0 Å². The average molecular weight is 399 g/mol. The van der Waals surface area contributed by atoms with Crippen LogP contribution in [-0.4, -0.2) is 73.3 Å². The molecule has 0 N–H and O–H groups in total. The minimum absolute atomic E-state index is 0.0392. The molecule has 2 fully saturated rings. The molecule has 7 nitrogen and oxygen atoms in total. The number of halogens is 1. The number of piperazine rings is 1. The van der Waals surface area contributed by atoms with Crippen LogP contribution in [0, 0.1) is 12.7 Å². The molecule has 1 aromatic carbocycles. The second-order valence-corrected chi connectivity index (χ2v) is 7.40. The lowest BCUT2D eigenvalue weighted by Crippen LogP contribution is -2.49. The van der Waals surface area contributed by atoms with Crippen LogP contribution < -0.4 is 9.80 Å². The van der Waals surface area contributed by atoms with Gasteiger partial charge in [-0.3, -0.25) is 4.79 Å². The molecule has 0 saturated carbocycles. The molecule has 2 aromatic rings. The summed E-state index contributed by atoms with van der Waals surface area (Å²) in [5.74, 6) is 1.26. The summed E-state index contributed by atoms with van der Waals surface area (Å²) in [6.07, 6.45) is 0.0977. The van der Waals surface area contributed by atoms with Crippen molar-refractivity contribution in [3.63, 3.8) is 0 Å². The largest absolute Gasteiger partial charge is 0.378 e. The number of benzene rings is 1. The summed E-state index contributed by atoms with van der Waals surface area (Å²) < 4.78 is 19.2. The van der Waals surface area contributed by atoms with Gasteiger partial charge in [0, 0.05) is 51.0 Å². The predicted molar refractivity (Wildman–Crippen MR) is 109 cm³/mol. The lowest BCUT2D eigenvalue weighted by atomic mass is 10.1. The molecule has 2 aliphatic rings. The molecule has 29 heavy (non-hydrogen) atoms. The quantitative estimate of drug-likeness (QED) is 0.779. The van der Waals surface area contributed by atoms with Crippen LogP contribution in [-0.2, 0) is 16.0 Å². The first-order valence-corrected chi connectivity index (χ1v) is 10.0. The van der Waals surface area contributed by atoms with E-state index in [2.05, 4.69) is 14.8 Å². The summed E-state index contributed by atoms with van der Waals surface area (Å²) in [6.45, 7) is 7.53. The van der Waals surface area contributed by atoms with Gasteiger partial charge in [0.1, 0.15) is 11.6 Å². The smallest absolute Gasteiger partial charge is 0.227 e. The van der Waals surface area contributed by atoms with Crippen molar-refractivity contribution < 1.29 is 13.9 Å². The van der Waals surface area contributed by atoms with Gasteiger partial charge in [-0.1, -0.05) is 18.2 Å². The number of carbonyl (C=O) groups excluding carboxylic acids is 1. The van der Waals surface area contributed by atoms with Gasteiger partial charge in [0.2, 0.25) is 11.9 Å². The Kier molecular flexibility index (Phi) is 5.89. The van der Waals surface area contributed by atoms with Gasteiger partial charge in [-0.15, -0.1) is 0 Å². The highest BCUT2D eigenvalue weighted by Gasteiger charge is 2.24. The van der Waals surface area contributed by atoms with E-state index in [0.29, 0.717) is 45.0 Å². The van der Waals surface area contributed by atoms with Crippen molar-refractivity contribution in [2.24, 2.45) is 0 Å². The van der Waals surface area contributed by atoms with Gasteiger partial charge >= 0.3 is 0 Å². The number of hydrogen-bond acceptors (Lipinski definition) is 6. The van der Waals surface area contributed by atoms with Crippen molar-refractivity contribution >= 4 is 17.7 Å². The molecule has 2 aliphatic heterocycles. The number of ether oxygens (including phenoxy) is 1. The lowest BCUT2D eigenvalue weighted by Gasteiger charge is -2.36. The number of anilines is 2. The molecule has 0 atom stereocenters. The Morgan fingerprint density at radius 3 is 2.48 bits per heavy atom. The van der Waals surface area contributed by atoms with E-state index in [1.807, 2.05) is 13.0 Å². The van der Waals surface area contributed by atoms with Gasteiger partial charge in [-0.05, 0) is 18.6 Å². The maximum atomic E-state index is 13.8. The van der Waals surface area contributed by atoms with Crippen LogP contribution in [0.25, 0.3) is 0 Å². The van der Waals surface area contributed by atoms with E-state index in [-0.39, 0.29) is 18.1 Å². The second-order valence-electron chi connectivity index (χ2n) is 7.40. The molecule has 8 heteroatoms. The van der Waals surface area contributed by atoms with Crippen molar-refractivity contribution in [1.82, 2.24) is 14.9 Å². The highest BCUT2D eigenvalue weighted by atomic mass is 19.1. The van der Waals surface area contributed by atoms with E-state index >= 15 is 0 Å². The van der Waals surface area contributed by atoms with Crippen LogP contribution in [0.15, 0.2) is 30.3 Å². The van der Waals surface area contributed by atoms with Crippen LogP contribution in [0.3, 0.4) is 0 Å². The van der Waals surface area contributed by atoms with Crippen molar-refractivity contribution in [2.45, 2.75) is 13.3 Å². The minimum atomic E-state index is -0.327. The van der Waals surface area contributed by atoms with Crippen molar-refractivity contribution in [3.8, 4) is 0 Å². The molecule has 1 amide bonds. The van der Waals surface area contributed by atoms with Gasteiger partial charge in [0.05, 0.1) is 19.6 Å². The summed E-state index contributed by atoms with van der Waals surface area (Å²) in [4.78, 5) is 28.1. The van der Waals surface area contributed by atoms with Crippen LogP contribution >= 0.6 is 0 Å². The number of rotatable bonds is 4. The molecule has 0 aliphatic carbocycles. The maximum Gasteiger partial charge on any atom is 0.227 e. The van der Waals surface area contributed by atoms with Gasteiger partial charge in [0.25, 0.3) is 0 Å². The number of nitrogens with zero attached hydrogens (tertiary/aromatic N) is 5. The topological polar surface area (TPSA) is 61.8 Å². The van der Waals surface area contributed by atoms with Crippen molar-refractivity contribution in [2.75, 3.05) is 62.3 Å². The third-order valence-corrected chi connectivity index (χ3v) is 5.38. The molecular weight excluding hydrogens is 373 g/mol. The highest BCUT2D eigenvalue weighted by molar-refractivity contribution is 5.79. The average Bonchev–Trinajstić information content (AvgIpc) is 2.75. The fraction of sp³-hybridized carbons (Fsp3) is 0.476. The zero-order chi connectivity index (χ0) is 20.2. The molecule has 0 unspecified atom stereocenters. The molecule has 4 rings (SSSR count). The Labute approximate surface area is 170 Å². The fourth-order valence-electron chi connectivity index (χ4n) is 3.70. The summed E-state index contributed by atoms with van der Waals surface area (Å²) in [5, 5.41) is 0. The van der Waals surface area contributed by atoms with E-state index < -0.39 is 0 Å². The monoisotopic (exact) mass is 399 g/mol. The van der Waals surface area contributed by atoms with Crippen LogP contribution in [0.2, 0.25) is 0 Å². The summed E-state index contributed by atoms with van der Waals surface area (Å²) in [6, 6.07) is 8.44. The summed E-state index contributed by atoms with van der Waals surface area (Å²) in [5.41, 5.74) is 1.37. The molecule has 0 radical (unpaired) electrons. The van der Waals surface area contributed by atoms with Gasteiger partial charge in [-0.25, -0.2) is 9.37 Å². The molecule has 3 heterocycles. The van der Waals surface area contributed by atoms with E-state index in [1.54, 1.807) is 23.1 Å². The first-order valence-electron chi connectivity index (χ1n) is 10.0. The number of aromatic nitrogens is 2. The third-order valence-electron chi connectivity index (χ3n) is 5.38. The maximum absolute atomic E-state index is 13.8. The SMILES string of the molecule is Cc1cc(N2CCN(C(=O)Cc3ccccc3F)CC2)nc(N2CCOCC2)n1. The first-order chi connectivity index (χ1) is 14.1. The number of morpholine rings is 1. The Balaban J connectivity index is 1.38. The zero-order valence-electron chi connectivity index (χ0n) is 16.7. The summed E-state index contributed by atoms with van der Waals surface area (Å²) in [7, 11) is 0. The lowest BCUT2D eigenvalue weighted by molar-refractivity contribution is -0.130. The normalized spacial score (nSPS) is 17.5. The van der Waals surface area contributed by atoms with Gasteiger partial charge < -0.3 is 19.4 Å². The molecule has 0 spiro atoms. The minimum Gasteiger partial charge on any atom is -0.378 e. The van der Waals surface area contributed by atoms with Gasteiger partial charge in [0.15, 0.2) is 0 Å². The van der Waals surface area contributed by atoms with E-state index in [4.69, 9.17) is 9.72 Å². The zero-order valence-corrected chi connectivity index (χ0v) is 16.7. The van der Waals surface area contributed by atoms with E-state index in [0.717, 1.165) is 30.5 Å². The fourth-order valence-corrected chi connectivity index (χ4v) is 3.70. The second kappa shape index (κ2) is 8.73. The number of carbonyl (C=O) groups is 1. The van der Waals surface area contributed by atoms with E-state index in [9.17, 15) is 9.18 Å². The molecule has 2 saturated heterocycles. The molecule has 1 aromatic heterocycles. The Bertz CT molecular complexity index is 864. The Hall–Kier alpha value is -2.74. The molecular formula is C21H26FN5O2. The van der Waals surface area contributed by atoms with Crippen LogP contribution in [0.1, 0.15) is 11.3 Å². The van der Waals surface area contributed by atoms with Gasteiger partial charge in [-0.2, -0.15) is 4.98 Å². The standard InChI is InChI=1S/C21H26FN5O2/c1-16-14-19(24-21(23-16)27-10-12-29-13-11-27)25-6-8-26(9-7-25)20(28)15-17-4-2-3-5-18(17)22/h2-5,14H,6-13,15H2,1H3. The molecule has 154 valence electrons. The molecule has 0 bridgehead atoms. The highest BCUT2D eigenvalue weighted by Crippen LogP contribution is 2.20. The first kappa shape index (κ1) is 19.6. The van der Waals surface area contributed by atoms with Crippen LogP contribution in [0.4, 0.5) is 16.2 Å². The predicted octanol–water partition coefficient (Wildman–Crippen LogP) is 1.65. The summed E-state index contributed by atoms with van der Waals surface area (Å²) >= 11 is 0. The third kappa shape index (κ3) is 4.64. The number of hydrogen-bond donors (Lipinski definition) is 0. The van der Waals surface area contributed by atoms with E-state index in [1.165, 1.54) is 6.07 Å². The number of amides is 1. The number of aryl methyl sites for hydroxylation is 1. The Morgan fingerprint density at radius 2 is 1.76 bits per heavy atom. The van der Waals surface area contributed by atoms with Crippen molar-refractivity contribution in [3.05, 3.63) is 47.4 Å². The Morgan fingerprint density at radius 1 is 1.03 bits per heavy atom. The van der Waals surface area contributed by atoms with Crippen LogP contribution in [0.5, 0.6) is 0 Å².